The fraction of sp³-hybridized carbons (Fsp3) is 0. The van der Waals surface area contributed by atoms with Crippen LogP contribution in [0.15, 0.2) is 55.0 Å². The van der Waals surface area contributed by atoms with Crippen LogP contribution in [0.4, 0.5) is 24.7 Å². The number of hydrogen-bond acceptors (Lipinski definition) is 4. The summed E-state index contributed by atoms with van der Waals surface area (Å²) in [5.74, 6) is -1.44. The summed E-state index contributed by atoms with van der Waals surface area (Å²) in [5, 5.41) is 7.30. The molecule has 4 rings (SSSR count). The summed E-state index contributed by atoms with van der Waals surface area (Å²) in [6, 6.07) is 9.16. The maximum atomic E-state index is 14.0. The molecular formula is C17H10F3N5. The molecule has 0 aliphatic heterocycles. The van der Waals surface area contributed by atoms with Gasteiger partial charge in [0, 0.05) is 6.07 Å². The Balaban J connectivity index is 1.82. The molecule has 124 valence electrons. The van der Waals surface area contributed by atoms with E-state index in [0.29, 0.717) is 11.0 Å². The molecule has 0 spiro atoms. The number of nitrogens with zero attached hydrogens (tertiary/aromatic N) is 4. The van der Waals surface area contributed by atoms with E-state index >= 15 is 0 Å². The molecular weight excluding hydrogens is 331 g/mol. The van der Waals surface area contributed by atoms with Gasteiger partial charge in [-0.25, -0.2) is 27.8 Å². The number of benzene rings is 2. The minimum Gasteiger partial charge on any atom is -0.337 e. The van der Waals surface area contributed by atoms with E-state index in [-0.39, 0.29) is 17.2 Å². The number of rotatable bonds is 3. The molecule has 4 aromatic rings. The summed E-state index contributed by atoms with van der Waals surface area (Å²) >= 11 is 0. The van der Waals surface area contributed by atoms with E-state index in [1.165, 1.54) is 23.3 Å². The van der Waals surface area contributed by atoms with Crippen molar-refractivity contribution in [1.82, 2.24) is 19.7 Å². The summed E-state index contributed by atoms with van der Waals surface area (Å²) in [7, 11) is 0. The van der Waals surface area contributed by atoms with E-state index in [2.05, 4.69) is 20.4 Å². The molecule has 2 aromatic carbocycles. The minimum atomic E-state index is -0.630. The van der Waals surface area contributed by atoms with Crippen molar-refractivity contribution in [2.45, 2.75) is 0 Å². The lowest BCUT2D eigenvalue weighted by atomic mass is 10.3. The number of halogens is 3. The smallest absolute Gasteiger partial charge is 0.168 e. The molecule has 0 aliphatic carbocycles. The molecule has 0 saturated carbocycles. The second kappa shape index (κ2) is 5.90. The second-order valence-corrected chi connectivity index (χ2v) is 5.22. The van der Waals surface area contributed by atoms with Crippen molar-refractivity contribution in [3.63, 3.8) is 0 Å². The molecule has 1 N–H and O–H groups in total. The fourth-order valence-corrected chi connectivity index (χ4v) is 2.46. The summed E-state index contributed by atoms with van der Waals surface area (Å²) in [6.07, 6.45) is 2.67. The number of nitrogens with one attached hydrogen (secondary N) is 1. The second-order valence-electron chi connectivity index (χ2n) is 5.22. The molecule has 0 saturated heterocycles. The molecule has 0 aliphatic rings. The first-order chi connectivity index (χ1) is 12.1. The van der Waals surface area contributed by atoms with E-state index in [1.54, 1.807) is 18.2 Å². The van der Waals surface area contributed by atoms with Crippen LogP contribution in [0.25, 0.3) is 16.7 Å². The number of hydrogen-bond donors (Lipinski definition) is 1. The van der Waals surface area contributed by atoms with Gasteiger partial charge in [-0.1, -0.05) is 12.1 Å². The standard InChI is InChI=1S/C17H10F3N5/c18-10-5-6-12(19)14(7-10)24-16-11-8-23-25(17(11)22-9-21-16)15-4-2-1-3-13(15)20/h1-9H,(H,21,22,24). The quantitative estimate of drug-likeness (QED) is 0.612. The largest absolute Gasteiger partial charge is 0.337 e. The van der Waals surface area contributed by atoms with Gasteiger partial charge in [-0.15, -0.1) is 0 Å². The van der Waals surface area contributed by atoms with Gasteiger partial charge >= 0.3 is 0 Å². The minimum absolute atomic E-state index is 0.0707. The SMILES string of the molecule is Fc1ccc(F)c(Nc2ncnc3c2cnn3-c2ccccc2F)c1. The lowest BCUT2D eigenvalue weighted by molar-refractivity contribution is 0.603. The molecule has 2 aromatic heterocycles. The van der Waals surface area contributed by atoms with Crippen LogP contribution < -0.4 is 5.32 Å². The van der Waals surface area contributed by atoms with Gasteiger partial charge < -0.3 is 5.32 Å². The Kier molecular flexibility index (Phi) is 3.57. The Bertz CT molecular complexity index is 1080. The van der Waals surface area contributed by atoms with Gasteiger partial charge in [0.05, 0.1) is 17.3 Å². The van der Waals surface area contributed by atoms with Gasteiger partial charge in [-0.3, -0.25) is 0 Å². The van der Waals surface area contributed by atoms with Crippen LogP contribution in [-0.4, -0.2) is 19.7 Å². The molecule has 0 radical (unpaired) electrons. The van der Waals surface area contributed by atoms with Gasteiger partial charge in [0.15, 0.2) is 5.65 Å². The lowest BCUT2D eigenvalue weighted by Gasteiger charge is -2.08. The van der Waals surface area contributed by atoms with Crippen molar-refractivity contribution >= 4 is 22.5 Å². The van der Waals surface area contributed by atoms with Gasteiger partial charge in [0.1, 0.15) is 35.3 Å². The maximum absolute atomic E-state index is 14.0. The molecule has 25 heavy (non-hydrogen) atoms. The molecule has 0 fully saturated rings. The highest BCUT2D eigenvalue weighted by atomic mass is 19.1. The van der Waals surface area contributed by atoms with Gasteiger partial charge in [-0.05, 0) is 24.3 Å². The molecule has 8 heteroatoms. The molecule has 0 bridgehead atoms. The van der Waals surface area contributed by atoms with Crippen molar-refractivity contribution in [2.75, 3.05) is 5.32 Å². The van der Waals surface area contributed by atoms with Crippen LogP contribution in [0.3, 0.4) is 0 Å². The Labute approximate surface area is 139 Å². The number of fused-ring (bicyclic) bond motifs is 1. The molecule has 2 heterocycles. The predicted molar refractivity (Wildman–Crippen MR) is 86.3 cm³/mol. The third-order valence-electron chi connectivity index (χ3n) is 3.63. The van der Waals surface area contributed by atoms with Crippen LogP contribution in [0, 0.1) is 17.5 Å². The zero-order chi connectivity index (χ0) is 17.4. The number of anilines is 2. The Hall–Kier alpha value is -3.42. The van der Waals surface area contributed by atoms with Crippen molar-refractivity contribution in [3.05, 3.63) is 72.4 Å². The normalized spacial score (nSPS) is 11.0. The summed E-state index contributed by atoms with van der Waals surface area (Å²) in [5.41, 5.74) is 0.483. The molecule has 0 amide bonds. The average molecular weight is 341 g/mol. The first-order valence-corrected chi connectivity index (χ1v) is 7.29. The van der Waals surface area contributed by atoms with E-state index in [0.717, 1.165) is 18.2 Å². The molecule has 0 unspecified atom stereocenters. The lowest BCUT2D eigenvalue weighted by Crippen LogP contribution is -2.02. The van der Waals surface area contributed by atoms with Crippen LogP contribution in [-0.2, 0) is 0 Å². The average Bonchev–Trinajstić information content (AvgIpc) is 3.03. The highest BCUT2D eigenvalue weighted by molar-refractivity contribution is 5.89. The number of para-hydroxylation sites is 1. The third-order valence-corrected chi connectivity index (χ3v) is 3.63. The van der Waals surface area contributed by atoms with Crippen LogP contribution >= 0.6 is 0 Å². The first-order valence-electron chi connectivity index (χ1n) is 7.29. The predicted octanol–water partition coefficient (Wildman–Crippen LogP) is 3.98. The van der Waals surface area contributed by atoms with Gasteiger partial charge in [0.25, 0.3) is 0 Å². The summed E-state index contributed by atoms with van der Waals surface area (Å²) in [4.78, 5) is 8.16. The first kappa shape index (κ1) is 15.1. The van der Waals surface area contributed by atoms with E-state index in [9.17, 15) is 13.2 Å². The van der Waals surface area contributed by atoms with Crippen LogP contribution in [0.5, 0.6) is 0 Å². The fourth-order valence-electron chi connectivity index (χ4n) is 2.46. The molecule has 0 atom stereocenters. The van der Waals surface area contributed by atoms with E-state index in [4.69, 9.17) is 0 Å². The zero-order valence-corrected chi connectivity index (χ0v) is 12.6. The van der Waals surface area contributed by atoms with Gasteiger partial charge in [-0.2, -0.15) is 5.10 Å². The highest BCUT2D eigenvalue weighted by Gasteiger charge is 2.14. The maximum Gasteiger partial charge on any atom is 0.168 e. The van der Waals surface area contributed by atoms with Crippen LogP contribution in [0.1, 0.15) is 0 Å². The van der Waals surface area contributed by atoms with Crippen LogP contribution in [0.2, 0.25) is 0 Å². The summed E-state index contributed by atoms with van der Waals surface area (Å²) < 4.78 is 42.5. The van der Waals surface area contributed by atoms with Crippen molar-refractivity contribution in [1.29, 1.82) is 0 Å². The monoisotopic (exact) mass is 341 g/mol. The number of aromatic nitrogens is 4. The summed E-state index contributed by atoms with van der Waals surface area (Å²) in [6.45, 7) is 0. The van der Waals surface area contributed by atoms with Crippen molar-refractivity contribution in [3.8, 4) is 5.69 Å². The van der Waals surface area contributed by atoms with Gasteiger partial charge in [0.2, 0.25) is 0 Å². The highest BCUT2D eigenvalue weighted by Crippen LogP contribution is 2.26. The van der Waals surface area contributed by atoms with E-state index in [1.807, 2.05) is 0 Å². The van der Waals surface area contributed by atoms with Crippen molar-refractivity contribution < 1.29 is 13.2 Å². The Morgan fingerprint density at radius 3 is 2.60 bits per heavy atom. The van der Waals surface area contributed by atoms with Crippen molar-refractivity contribution in [2.24, 2.45) is 0 Å². The zero-order valence-electron chi connectivity index (χ0n) is 12.6. The topological polar surface area (TPSA) is 55.6 Å². The van der Waals surface area contributed by atoms with E-state index < -0.39 is 17.5 Å². The Morgan fingerprint density at radius 2 is 1.76 bits per heavy atom. The molecule has 5 nitrogen and oxygen atoms in total. The third kappa shape index (κ3) is 2.67. The Morgan fingerprint density at radius 1 is 0.920 bits per heavy atom.